The fourth-order valence-corrected chi connectivity index (χ4v) is 6.33. The lowest BCUT2D eigenvalue weighted by molar-refractivity contribution is 0.0795. The number of aromatic nitrogens is 1. The van der Waals surface area contributed by atoms with Crippen LogP contribution in [0.1, 0.15) is 65.4 Å². The third kappa shape index (κ3) is 4.57. The SMILES string of the molecule is Cc1cc(-c2ccc(C3CCN(CC4CCC4)CC3)nc2)sc1C(=O)N1CC[C@H](N)C1. The highest BCUT2D eigenvalue weighted by Gasteiger charge is 2.28. The zero-order valence-corrected chi connectivity index (χ0v) is 19.4. The molecule has 0 radical (unpaired) electrons. The van der Waals surface area contributed by atoms with E-state index in [-0.39, 0.29) is 11.9 Å². The van der Waals surface area contributed by atoms with Crippen molar-refractivity contribution in [1.29, 1.82) is 0 Å². The number of nitrogens with two attached hydrogens (primary N) is 1. The van der Waals surface area contributed by atoms with E-state index in [4.69, 9.17) is 10.7 Å². The first kappa shape index (κ1) is 21.1. The van der Waals surface area contributed by atoms with E-state index < -0.39 is 0 Å². The summed E-state index contributed by atoms with van der Waals surface area (Å²) in [7, 11) is 0. The molecular formula is C25H34N4OS. The molecule has 5 rings (SSSR count). The highest BCUT2D eigenvalue weighted by atomic mass is 32.1. The van der Waals surface area contributed by atoms with Gasteiger partial charge in [-0.1, -0.05) is 12.5 Å². The third-order valence-electron chi connectivity index (χ3n) is 7.44. The van der Waals surface area contributed by atoms with Crippen LogP contribution >= 0.6 is 11.3 Å². The number of hydrogen-bond donors (Lipinski definition) is 1. The lowest BCUT2D eigenvalue weighted by Crippen LogP contribution is -2.38. The van der Waals surface area contributed by atoms with Crippen molar-refractivity contribution in [3.63, 3.8) is 0 Å². The van der Waals surface area contributed by atoms with Gasteiger partial charge in [-0.05, 0) is 75.7 Å². The van der Waals surface area contributed by atoms with E-state index >= 15 is 0 Å². The molecule has 2 saturated heterocycles. The molecule has 3 fully saturated rings. The minimum Gasteiger partial charge on any atom is -0.336 e. The molecule has 0 bridgehead atoms. The smallest absolute Gasteiger partial charge is 0.264 e. The molecule has 2 aromatic heterocycles. The van der Waals surface area contributed by atoms with Crippen LogP contribution in [0.5, 0.6) is 0 Å². The quantitative estimate of drug-likeness (QED) is 0.757. The number of thiophene rings is 1. The number of aryl methyl sites for hydroxylation is 1. The molecule has 5 nitrogen and oxygen atoms in total. The van der Waals surface area contributed by atoms with Crippen LogP contribution in [0.2, 0.25) is 0 Å². The zero-order valence-electron chi connectivity index (χ0n) is 18.6. The fraction of sp³-hybridized carbons (Fsp3) is 0.600. The number of pyridine rings is 1. The Morgan fingerprint density at radius 3 is 2.58 bits per heavy atom. The minimum atomic E-state index is 0.116. The Balaban J connectivity index is 1.22. The summed E-state index contributed by atoms with van der Waals surface area (Å²) in [5.41, 5.74) is 9.37. The lowest BCUT2D eigenvalue weighted by atomic mass is 9.84. The Labute approximate surface area is 189 Å². The van der Waals surface area contributed by atoms with Crippen LogP contribution in [0, 0.1) is 12.8 Å². The number of carbonyl (C=O) groups is 1. The first-order valence-electron chi connectivity index (χ1n) is 11.9. The van der Waals surface area contributed by atoms with Gasteiger partial charge in [0.2, 0.25) is 0 Å². The van der Waals surface area contributed by atoms with Crippen molar-refractivity contribution < 1.29 is 4.79 Å². The highest BCUT2D eigenvalue weighted by molar-refractivity contribution is 7.17. The lowest BCUT2D eigenvalue weighted by Gasteiger charge is -2.36. The number of hydrogen-bond acceptors (Lipinski definition) is 5. The van der Waals surface area contributed by atoms with E-state index in [2.05, 4.69) is 23.1 Å². The van der Waals surface area contributed by atoms with Crippen LogP contribution in [0.4, 0.5) is 0 Å². The summed E-state index contributed by atoms with van der Waals surface area (Å²) in [6.07, 6.45) is 9.63. The maximum atomic E-state index is 12.9. The van der Waals surface area contributed by atoms with Crippen molar-refractivity contribution in [2.24, 2.45) is 11.7 Å². The number of carbonyl (C=O) groups excluding carboxylic acids is 1. The Hall–Kier alpha value is -1.76. The molecule has 4 heterocycles. The molecule has 0 aromatic carbocycles. The molecule has 0 spiro atoms. The molecule has 1 atom stereocenters. The summed E-state index contributed by atoms with van der Waals surface area (Å²) in [4.78, 5) is 24.3. The largest absolute Gasteiger partial charge is 0.336 e. The second-order valence-electron chi connectivity index (χ2n) is 9.77. The maximum Gasteiger partial charge on any atom is 0.264 e. The summed E-state index contributed by atoms with van der Waals surface area (Å²) < 4.78 is 0. The van der Waals surface area contributed by atoms with Crippen molar-refractivity contribution in [3.05, 3.63) is 40.5 Å². The number of likely N-dealkylation sites (tertiary alicyclic amines) is 2. The van der Waals surface area contributed by atoms with Crippen LogP contribution in [0.15, 0.2) is 24.4 Å². The summed E-state index contributed by atoms with van der Waals surface area (Å²) in [6.45, 7) is 7.19. The van der Waals surface area contributed by atoms with E-state index in [1.165, 1.54) is 57.4 Å². The van der Waals surface area contributed by atoms with Crippen LogP contribution in [0.25, 0.3) is 10.4 Å². The molecule has 6 heteroatoms. The standard InChI is InChI=1S/C25H34N4OS/c1-17-13-23(31-24(17)25(30)29-12-9-21(26)16-29)20-5-6-22(27-14-20)19-7-10-28(11-8-19)15-18-3-2-4-18/h5-6,13-14,18-19,21H,2-4,7-12,15-16,26H2,1H3/t21-/m0/s1. The van der Waals surface area contributed by atoms with Gasteiger partial charge < -0.3 is 15.5 Å². The Kier molecular flexibility index (Phi) is 6.13. The van der Waals surface area contributed by atoms with Gasteiger partial charge in [-0.15, -0.1) is 11.3 Å². The highest BCUT2D eigenvalue weighted by Crippen LogP contribution is 2.34. The predicted octanol–water partition coefficient (Wildman–Crippen LogP) is 4.27. The maximum absolute atomic E-state index is 12.9. The molecule has 2 N–H and O–H groups in total. The molecule has 0 unspecified atom stereocenters. The zero-order chi connectivity index (χ0) is 21.4. The van der Waals surface area contributed by atoms with Crippen LogP contribution in [-0.4, -0.2) is 59.5 Å². The van der Waals surface area contributed by atoms with E-state index in [0.29, 0.717) is 12.5 Å². The second-order valence-corrected chi connectivity index (χ2v) is 10.8. The number of amides is 1. The van der Waals surface area contributed by atoms with Gasteiger partial charge in [0.15, 0.2) is 0 Å². The van der Waals surface area contributed by atoms with Gasteiger partial charge in [0.25, 0.3) is 5.91 Å². The van der Waals surface area contributed by atoms with Crippen LogP contribution in [0.3, 0.4) is 0 Å². The minimum absolute atomic E-state index is 0.116. The van der Waals surface area contributed by atoms with Gasteiger partial charge in [-0.3, -0.25) is 9.78 Å². The van der Waals surface area contributed by atoms with Crippen molar-refractivity contribution in [1.82, 2.24) is 14.8 Å². The topological polar surface area (TPSA) is 62.5 Å². The number of nitrogens with zero attached hydrogens (tertiary/aromatic N) is 3. The summed E-state index contributed by atoms with van der Waals surface area (Å²) >= 11 is 1.59. The van der Waals surface area contributed by atoms with Gasteiger partial charge in [0, 0.05) is 53.9 Å². The van der Waals surface area contributed by atoms with Gasteiger partial charge in [-0.25, -0.2) is 0 Å². The van der Waals surface area contributed by atoms with Crippen molar-refractivity contribution in [2.75, 3.05) is 32.7 Å². The second kappa shape index (κ2) is 9.00. The Morgan fingerprint density at radius 2 is 1.97 bits per heavy atom. The average molecular weight is 439 g/mol. The molecule has 2 aromatic rings. The van der Waals surface area contributed by atoms with E-state index in [9.17, 15) is 4.79 Å². The summed E-state index contributed by atoms with van der Waals surface area (Å²) in [6, 6.07) is 6.64. The van der Waals surface area contributed by atoms with Gasteiger partial charge in [0.1, 0.15) is 0 Å². The molecule has 1 aliphatic carbocycles. The Morgan fingerprint density at radius 1 is 1.16 bits per heavy atom. The summed E-state index contributed by atoms with van der Waals surface area (Å²) in [5, 5.41) is 0. The van der Waals surface area contributed by atoms with E-state index in [1.807, 2.05) is 18.0 Å². The van der Waals surface area contributed by atoms with Crippen LogP contribution < -0.4 is 5.73 Å². The molecule has 3 aliphatic rings. The van der Waals surface area contributed by atoms with Crippen molar-refractivity contribution in [2.45, 2.75) is 57.4 Å². The van der Waals surface area contributed by atoms with Crippen LogP contribution in [-0.2, 0) is 0 Å². The van der Waals surface area contributed by atoms with E-state index in [1.54, 1.807) is 11.3 Å². The first-order chi connectivity index (χ1) is 15.1. The molecule has 1 amide bonds. The monoisotopic (exact) mass is 438 g/mol. The number of piperidine rings is 1. The molecule has 2 aliphatic heterocycles. The third-order valence-corrected chi connectivity index (χ3v) is 8.72. The fourth-order valence-electron chi connectivity index (χ4n) is 5.20. The van der Waals surface area contributed by atoms with E-state index in [0.717, 1.165) is 39.8 Å². The van der Waals surface area contributed by atoms with Gasteiger partial charge in [-0.2, -0.15) is 0 Å². The van der Waals surface area contributed by atoms with Crippen molar-refractivity contribution in [3.8, 4) is 10.4 Å². The number of rotatable bonds is 5. The van der Waals surface area contributed by atoms with Gasteiger partial charge >= 0.3 is 0 Å². The predicted molar refractivity (Wildman–Crippen MR) is 127 cm³/mol. The molecule has 1 saturated carbocycles. The first-order valence-corrected chi connectivity index (χ1v) is 12.7. The Bertz CT molecular complexity index is 912. The molecule has 166 valence electrons. The normalized spacial score (nSPS) is 23.3. The average Bonchev–Trinajstić information content (AvgIpc) is 3.37. The summed E-state index contributed by atoms with van der Waals surface area (Å²) in [5.74, 6) is 1.66. The molecular weight excluding hydrogens is 404 g/mol. The van der Waals surface area contributed by atoms with Crippen molar-refractivity contribution >= 4 is 17.2 Å². The molecule has 31 heavy (non-hydrogen) atoms. The van der Waals surface area contributed by atoms with Gasteiger partial charge in [0.05, 0.1) is 4.88 Å².